The molecule has 2 aliphatic carbocycles. The number of aryl methyl sites for hydroxylation is 4. The molecule has 318 valence electrons. The minimum absolute atomic E-state index is 0.0467. The van der Waals surface area contributed by atoms with E-state index in [1.54, 1.807) is 0 Å². The van der Waals surface area contributed by atoms with E-state index in [4.69, 9.17) is 19.9 Å². The van der Waals surface area contributed by atoms with Crippen LogP contribution < -0.4 is 9.80 Å². The van der Waals surface area contributed by atoms with Gasteiger partial charge in [0.15, 0.2) is 0 Å². The van der Waals surface area contributed by atoms with Crippen molar-refractivity contribution in [1.29, 1.82) is 0 Å². The molecule has 10 rings (SSSR count). The highest BCUT2D eigenvalue weighted by molar-refractivity contribution is 5.87. The molecular weight excluding hydrogens is 781 g/mol. The van der Waals surface area contributed by atoms with Gasteiger partial charge in [-0.25, -0.2) is 19.9 Å². The maximum absolute atomic E-state index is 5.01. The number of benzene rings is 6. The van der Waals surface area contributed by atoms with E-state index in [2.05, 4.69) is 171 Å². The molecule has 0 saturated heterocycles. The summed E-state index contributed by atoms with van der Waals surface area (Å²) in [4.78, 5) is 24.5. The van der Waals surface area contributed by atoms with Crippen molar-refractivity contribution in [2.24, 2.45) is 0 Å². The zero-order valence-electron chi connectivity index (χ0n) is 38.4. The molecule has 8 aromatic rings. The van der Waals surface area contributed by atoms with Gasteiger partial charge in [-0.1, -0.05) is 113 Å². The molecule has 0 unspecified atom stereocenters. The second-order valence-corrected chi connectivity index (χ2v) is 17.8. The highest BCUT2D eigenvalue weighted by atomic mass is 15.3. The molecule has 0 amide bonds. The molecule has 2 aromatic heterocycles. The molecule has 64 heavy (non-hydrogen) atoms. The Morgan fingerprint density at radius 3 is 1.00 bits per heavy atom. The Hall–Kier alpha value is -6.92. The van der Waals surface area contributed by atoms with E-state index in [-0.39, 0.29) is 10.8 Å². The molecule has 2 aliphatic rings. The van der Waals surface area contributed by atoms with Crippen LogP contribution in [0.3, 0.4) is 0 Å². The predicted octanol–water partition coefficient (Wildman–Crippen LogP) is 15.3. The first kappa shape index (κ1) is 41.1. The zero-order chi connectivity index (χ0) is 44.3. The summed E-state index contributed by atoms with van der Waals surface area (Å²) in [5.41, 5.74) is 21.0. The third-order valence-electron chi connectivity index (χ3n) is 14.4. The molecule has 0 spiro atoms. The molecule has 6 nitrogen and oxygen atoms in total. The van der Waals surface area contributed by atoms with Crippen molar-refractivity contribution in [2.45, 2.75) is 91.9 Å². The lowest BCUT2D eigenvalue weighted by Gasteiger charge is -2.31. The summed E-state index contributed by atoms with van der Waals surface area (Å²) in [5, 5.41) is 0. The third-order valence-corrected chi connectivity index (χ3v) is 14.4. The van der Waals surface area contributed by atoms with Crippen LogP contribution in [0, 0.1) is 27.7 Å². The van der Waals surface area contributed by atoms with Crippen molar-refractivity contribution in [3.63, 3.8) is 0 Å². The van der Waals surface area contributed by atoms with Crippen LogP contribution in [0.25, 0.3) is 33.4 Å². The zero-order valence-corrected chi connectivity index (χ0v) is 38.4. The van der Waals surface area contributed by atoms with E-state index < -0.39 is 0 Å². The van der Waals surface area contributed by atoms with Gasteiger partial charge in [-0.15, -0.1) is 0 Å². The maximum Gasteiger partial charge on any atom is 0.235 e. The average Bonchev–Trinajstić information content (AvgIpc) is 3.75. The highest BCUT2D eigenvalue weighted by Gasteiger charge is 2.42. The smallest absolute Gasteiger partial charge is 0.235 e. The van der Waals surface area contributed by atoms with Gasteiger partial charge in [0.25, 0.3) is 0 Å². The first-order valence-corrected chi connectivity index (χ1v) is 23.1. The van der Waals surface area contributed by atoms with Crippen molar-refractivity contribution >= 4 is 34.6 Å². The predicted molar refractivity (Wildman–Crippen MR) is 265 cm³/mol. The van der Waals surface area contributed by atoms with Crippen LogP contribution in [0.1, 0.15) is 98.4 Å². The van der Waals surface area contributed by atoms with E-state index in [9.17, 15) is 0 Å². The largest absolute Gasteiger partial charge is 0.279 e. The third kappa shape index (κ3) is 6.53. The van der Waals surface area contributed by atoms with Crippen LogP contribution >= 0.6 is 0 Å². The maximum atomic E-state index is 5.01. The van der Waals surface area contributed by atoms with Crippen molar-refractivity contribution < 1.29 is 0 Å². The fourth-order valence-corrected chi connectivity index (χ4v) is 11.2. The van der Waals surface area contributed by atoms with E-state index >= 15 is 0 Å². The fraction of sp³-hybridized carbons (Fsp3) is 0.241. The van der Waals surface area contributed by atoms with Gasteiger partial charge < -0.3 is 0 Å². The van der Waals surface area contributed by atoms with Crippen LogP contribution in [0.2, 0.25) is 0 Å². The Balaban J connectivity index is 1.02. The van der Waals surface area contributed by atoms with Crippen LogP contribution in [0.4, 0.5) is 34.6 Å². The second kappa shape index (κ2) is 16.0. The molecule has 0 saturated carbocycles. The SMILES string of the molecule is CCC1(CC)c2ccccc2-c2ccc(N(c3ccc(-c4ccc(N(c5ccc6c(c5)C(CC)(CC)c5ccccc5-6)c5nc(C)cc(C)n5)cc4)cc3)c3nc(C)cc(C)n3)cc21. The van der Waals surface area contributed by atoms with Crippen molar-refractivity contribution in [3.8, 4) is 33.4 Å². The normalized spacial score (nSPS) is 13.8. The Kier molecular flexibility index (Phi) is 10.3. The number of hydrogen-bond acceptors (Lipinski definition) is 6. The van der Waals surface area contributed by atoms with Crippen LogP contribution in [-0.2, 0) is 10.8 Å². The lowest BCUT2D eigenvalue weighted by molar-refractivity contribution is 0.490. The molecule has 0 aliphatic heterocycles. The first-order valence-electron chi connectivity index (χ1n) is 23.1. The molecule has 0 N–H and O–H groups in total. The van der Waals surface area contributed by atoms with Gasteiger partial charge in [0, 0.05) is 56.4 Å². The van der Waals surface area contributed by atoms with Crippen LogP contribution in [0.5, 0.6) is 0 Å². The summed E-state index contributed by atoms with van der Waals surface area (Å²) in [5.74, 6) is 1.34. The number of nitrogens with zero attached hydrogens (tertiary/aromatic N) is 6. The van der Waals surface area contributed by atoms with Crippen LogP contribution in [0.15, 0.2) is 146 Å². The number of fused-ring (bicyclic) bond motifs is 6. The van der Waals surface area contributed by atoms with Crippen LogP contribution in [-0.4, -0.2) is 19.9 Å². The van der Waals surface area contributed by atoms with Gasteiger partial charge in [0.1, 0.15) is 0 Å². The molecule has 6 heteroatoms. The minimum atomic E-state index is -0.0467. The Morgan fingerprint density at radius 2 is 0.656 bits per heavy atom. The molecule has 0 fully saturated rings. The van der Waals surface area contributed by atoms with Gasteiger partial charge in [0.05, 0.1) is 0 Å². The Labute approximate surface area is 378 Å². The van der Waals surface area contributed by atoms with Gasteiger partial charge in [-0.05, 0) is 170 Å². The summed E-state index contributed by atoms with van der Waals surface area (Å²) < 4.78 is 0. The first-order chi connectivity index (χ1) is 31.1. The van der Waals surface area contributed by atoms with Gasteiger partial charge in [0.2, 0.25) is 11.9 Å². The highest BCUT2D eigenvalue weighted by Crippen LogP contribution is 2.55. The van der Waals surface area contributed by atoms with Gasteiger partial charge in [-0.2, -0.15) is 0 Å². The number of hydrogen-bond donors (Lipinski definition) is 0. The van der Waals surface area contributed by atoms with Gasteiger partial charge in [-0.3, -0.25) is 9.80 Å². The average molecular weight is 837 g/mol. The van der Waals surface area contributed by atoms with E-state index in [1.807, 2.05) is 39.8 Å². The fourth-order valence-electron chi connectivity index (χ4n) is 11.2. The molecule has 0 bridgehead atoms. The van der Waals surface area contributed by atoms with Gasteiger partial charge >= 0.3 is 0 Å². The molecule has 2 heterocycles. The van der Waals surface area contributed by atoms with E-state index in [1.165, 1.54) is 44.5 Å². The standard InChI is InChI=1S/C58H56N6/c1-9-57(10-2)51-19-15-13-17-47(51)49-31-29-45(35-53(49)57)63(55-59-37(5)33-38(6)60-55)43-25-21-41(22-26-43)42-23-27-44(28-24-42)64(56-61-39(7)34-40(8)62-56)46-30-32-50-48-18-14-16-20-52(48)58(11-3,12-4)54(50)36-46/h13-36H,9-12H2,1-8H3. The molecule has 0 radical (unpaired) electrons. The molecule has 0 atom stereocenters. The number of anilines is 6. The summed E-state index contributed by atoms with van der Waals surface area (Å²) in [7, 11) is 0. The van der Waals surface area contributed by atoms with Crippen molar-refractivity contribution in [2.75, 3.05) is 9.80 Å². The van der Waals surface area contributed by atoms with E-state index in [0.29, 0.717) is 11.9 Å². The monoisotopic (exact) mass is 836 g/mol. The van der Waals surface area contributed by atoms with Crippen molar-refractivity contribution in [1.82, 2.24) is 19.9 Å². The Morgan fingerprint density at radius 1 is 0.344 bits per heavy atom. The summed E-state index contributed by atoms with van der Waals surface area (Å²) in [6, 6.07) is 53.5. The second-order valence-electron chi connectivity index (χ2n) is 17.8. The topological polar surface area (TPSA) is 58.0 Å². The minimum Gasteiger partial charge on any atom is -0.279 e. The summed E-state index contributed by atoms with van der Waals surface area (Å²) in [6.45, 7) is 17.5. The molecular formula is C58H56N6. The van der Waals surface area contributed by atoms with Crippen molar-refractivity contribution in [3.05, 3.63) is 191 Å². The van der Waals surface area contributed by atoms with E-state index in [0.717, 1.165) is 82.3 Å². The number of rotatable bonds is 11. The lowest BCUT2D eigenvalue weighted by Crippen LogP contribution is -2.23. The lowest BCUT2D eigenvalue weighted by atomic mass is 9.74. The molecule has 6 aromatic carbocycles. The quantitative estimate of drug-likeness (QED) is 0.129. The summed E-state index contributed by atoms with van der Waals surface area (Å²) in [6.07, 6.45) is 4.11. The number of aromatic nitrogens is 4. The summed E-state index contributed by atoms with van der Waals surface area (Å²) >= 11 is 0. The Bertz CT molecular complexity index is 2800.